The molecule has 2 heteroatoms. The molecule has 0 aromatic heterocycles. The first-order valence-corrected chi connectivity index (χ1v) is 7.17. The lowest BCUT2D eigenvalue weighted by molar-refractivity contribution is 0.140. The fraction of sp³-hybridized carbons (Fsp3) is 0.625. The van der Waals surface area contributed by atoms with Crippen molar-refractivity contribution in [3.63, 3.8) is 0 Å². The zero-order valence-corrected chi connectivity index (χ0v) is 11.5. The van der Waals surface area contributed by atoms with E-state index < -0.39 is 6.10 Å². The van der Waals surface area contributed by atoms with E-state index in [1.165, 1.54) is 37.7 Å². The highest BCUT2D eigenvalue weighted by molar-refractivity contribution is 5.27. The predicted molar refractivity (Wildman–Crippen MR) is 75.7 cm³/mol. The van der Waals surface area contributed by atoms with Crippen LogP contribution in [0.2, 0.25) is 0 Å². The lowest BCUT2D eigenvalue weighted by Gasteiger charge is -2.23. The van der Waals surface area contributed by atoms with Crippen LogP contribution in [0.15, 0.2) is 24.3 Å². The third-order valence-corrected chi connectivity index (χ3v) is 4.28. The van der Waals surface area contributed by atoms with Crippen LogP contribution in [0.5, 0.6) is 0 Å². The van der Waals surface area contributed by atoms with Gasteiger partial charge in [-0.05, 0) is 43.9 Å². The summed E-state index contributed by atoms with van der Waals surface area (Å²) in [4.78, 5) is 0. The molecule has 0 bridgehead atoms. The predicted octanol–water partition coefficient (Wildman–Crippen LogP) is 3.38. The van der Waals surface area contributed by atoms with Gasteiger partial charge < -0.3 is 10.4 Å². The van der Waals surface area contributed by atoms with Crippen molar-refractivity contribution in [3.05, 3.63) is 35.4 Å². The van der Waals surface area contributed by atoms with E-state index in [9.17, 15) is 5.11 Å². The van der Waals surface area contributed by atoms with Gasteiger partial charge in [0.25, 0.3) is 0 Å². The Morgan fingerprint density at radius 1 is 1.11 bits per heavy atom. The van der Waals surface area contributed by atoms with Gasteiger partial charge in [0.2, 0.25) is 0 Å². The second-order valence-corrected chi connectivity index (χ2v) is 5.52. The molecule has 2 N–H and O–H groups in total. The number of nitrogens with one attached hydrogen (secondary N) is 1. The van der Waals surface area contributed by atoms with Gasteiger partial charge in [0, 0.05) is 6.04 Å². The standard InChI is InChI=1S/C16H25NO/c1-12(17-2)16(18)15-10-8-14(9-11-15)13-6-4-3-5-7-13/h8-13,16-18H,3-7H2,1-2H3. The molecule has 2 nitrogen and oxygen atoms in total. The molecule has 1 aliphatic carbocycles. The molecule has 2 atom stereocenters. The van der Waals surface area contributed by atoms with Crippen molar-refractivity contribution in [2.45, 2.75) is 57.1 Å². The molecule has 1 saturated carbocycles. The fourth-order valence-corrected chi connectivity index (χ4v) is 2.85. The molecular formula is C16H25NO. The molecule has 2 rings (SSSR count). The van der Waals surface area contributed by atoms with Crippen molar-refractivity contribution in [2.24, 2.45) is 0 Å². The number of likely N-dealkylation sites (N-methyl/N-ethyl adjacent to an activating group) is 1. The molecule has 0 radical (unpaired) electrons. The van der Waals surface area contributed by atoms with Crippen LogP contribution in [-0.2, 0) is 0 Å². The summed E-state index contributed by atoms with van der Waals surface area (Å²) in [5, 5.41) is 13.2. The van der Waals surface area contributed by atoms with Gasteiger partial charge in [-0.3, -0.25) is 0 Å². The van der Waals surface area contributed by atoms with Gasteiger partial charge in [-0.2, -0.15) is 0 Å². The second-order valence-electron chi connectivity index (χ2n) is 5.52. The van der Waals surface area contributed by atoms with E-state index in [1.54, 1.807) is 0 Å². The molecule has 1 aromatic rings. The Labute approximate surface area is 110 Å². The molecule has 1 aromatic carbocycles. The Hall–Kier alpha value is -0.860. The second kappa shape index (κ2) is 6.35. The molecule has 18 heavy (non-hydrogen) atoms. The molecule has 0 aliphatic heterocycles. The van der Waals surface area contributed by atoms with Crippen molar-refractivity contribution in [1.82, 2.24) is 5.32 Å². The summed E-state index contributed by atoms with van der Waals surface area (Å²) in [5.74, 6) is 0.742. The van der Waals surface area contributed by atoms with E-state index in [1.807, 2.05) is 14.0 Å². The van der Waals surface area contributed by atoms with Crippen LogP contribution in [0, 0.1) is 0 Å². The van der Waals surface area contributed by atoms with Crippen LogP contribution in [0.25, 0.3) is 0 Å². The van der Waals surface area contributed by atoms with Gasteiger partial charge in [-0.25, -0.2) is 0 Å². The van der Waals surface area contributed by atoms with E-state index in [0.29, 0.717) is 0 Å². The van der Waals surface area contributed by atoms with E-state index in [4.69, 9.17) is 0 Å². The number of hydrogen-bond acceptors (Lipinski definition) is 2. The molecule has 2 unspecified atom stereocenters. The maximum absolute atomic E-state index is 10.1. The smallest absolute Gasteiger partial charge is 0.0940 e. The molecule has 1 aliphatic rings. The highest BCUT2D eigenvalue weighted by Gasteiger charge is 2.17. The molecule has 0 amide bonds. The summed E-state index contributed by atoms with van der Waals surface area (Å²) in [5.41, 5.74) is 2.46. The minimum Gasteiger partial charge on any atom is -0.387 e. The highest BCUT2D eigenvalue weighted by Crippen LogP contribution is 2.33. The molecule has 0 spiro atoms. The van der Waals surface area contributed by atoms with Gasteiger partial charge in [0.05, 0.1) is 6.10 Å². The van der Waals surface area contributed by atoms with E-state index in [-0.39, 0.29) is 6.04 Å². The van der Waals surface area contributed by atoms with E-state index >= 15 is 0 Å². The Bertz CT molecular complexity index is 333. The summed E-state index contributed by atoms with van der Waals surface area (Å²) in [6.07, 6.45) is 6.37. The maximum atomic E-state index is 10.1. The molecule has 0 saturated heterocycles. The summed E-state index contributed by atoms with van der Waals surface area (Å²) < 4.78 is 0. The third kappa shape index (κ3) is 3.12. The molecule has 0 heterocycles. The van der Waals surface area contributed by atoms with Crippen LogP contribution in [0.4, 0.5) is 0 Å². The van der Waals surface area contributed by atoms with Gasteiger partial charge >= 0.3 is 0 Å². The molecular weight excluding hydrogens is 222 g/mol. The SMILES string of the molecule is CNC(C)C(O)c1ccc(C2CCCCC2)cc1. The lowest BCUT2D eigenvalue weighted by atomic mass is 9.83. The van der Waals surface area contributed by atoms with Gasteiger partial charge in [0.15, 0.2) is 0 Å². The minimum atomic E-state index is -0.421. The summed E-state index contributed by atoms with van der Waals surface area (Å²) in [7, 11) is 1.88. The fourth-order valence-electron chi connectivity index (χ4n) is 2.85. The van der Waals surface area contributed by atoms with Crippen LogP contribution >= 0.6 is 0 Å². The Balaban J connectivity index is 2.04. The molecule has 1 fully saturated rings. The topological polar surface area (TPSA) is 32.3 Å². The highest BCUT2D eigenvalue weighted by atomic mass is 16.3. The van der Waals surface area contributed by atoms with Gasteiger partial charge in [-0.1, -0.05) is 43.5 Å². The third-order valence-electron chi connectivity index (χ3n) is 4.28. The average molecular weight is 247 g/mol. The number of hydrogen-bond donors (Lipinski definition) is 2. The van der Waals surface area contributed by atoms with Crippen molar-refractivity contribution in [2.75, 3.05) is 7.05 Å². The maximum Gasteiger partial charge on any atom is 0.0940 e. The van der Waals surface area contributed by atoms with Crippen LogP contribution in [0.1, 0.15) is 62.2 Å². The van der Waals surface area contributed by atoms with Crippen molar-refractivity contribution >= 4 is 0 Å². The summed E-state index contributed by atoms with van der Waals surface area (Å²) >= 11 is 0. The number of benzene rings is 1. The molecule has 100 valence electrons. The monoisotopic (exact) mass is 247 g/mol. The largest absolute Gasteiger partial charge is 0.387 e. The normalized spacial score (nSPS) is 20.6. The van der Waals surface area contributed by atoms with E-state index in [0.717, 1.165) is 11.5 Å². The van der Waals surface area contributed by atoms with Gasteiger partial charge in [0.1, 0.15) is 0 Å². The number of aliphatic hydroxyl groups is 1. The Morgan fingerprint density at radius 2 is 1.72 bits per heavy atom. The summed E-state index contributed by atoms with van der Waals surface area (Å²) in [6, 6.07) is 8.67. The number of aliphatic hydroxyl groups excluding tert-OH is 1. The Kier molecular flexibility index (Phi) is 4.79. The van der Waals surface area contributed by atoms with Crippen molar-refractivity contribution in [1.29, 1.82) is 0 Å². The lowest BCUT2D eigenvalue weighted by Crippen LogP contribution is -2.28. The van der Waals surface area contributed by atoms with Crippen LogP contribution in [0.3, 0.4) is 0 Å². The van der Waals surface area contributed by atoms with Crippen molar-refractivity contribution in [3.8, 4) is 0 Å². The van der Waals surface area contributed by atoms with Crippen molar-refractivity contribution < 1.29 is 5.11 Å². The number of rotatable bonds is 4. The van der Waals surface area contributed by atoms with Crippen LogP contribution < -0.4 is 5.32 Å². The van der Waals surface area contributed by atoms with E-state index in [2.05, 4.69) is 29.6 Å². The average Bonchev–Trinajstić information content (AvgIpc) is 2.47. The van der Waals surface area contributed by atoms with Gasteiger partial charge in [-0.15, -0.1) is 0 Å². The summed E-state index contributed by atoms with van der Waals surface area (Å²) in [6.45, 7) is 2.00. The quantitative estimate of drug-likeness (QED) is 0.855. The minimum absolute atomic E-state index is 0.0885. The zero-order valence-electron chi connectivity index (χ0n) is 11.5. The first kappa shape index (κ1) is 13.6. The van der Waals surface area contributed by atoms with Crippen LogP contribution in [-0.4, -0.2) is 18.2 Å². The first-order valence-electron chi connectivity index (χ1n) is 7.17. The first-order chi connectivity index (χ1) is 8.72. The zero-order chi connectivity index (χ0) is 13.0. The Morgan fingerprint density at radius 3 is 2.28 bits per heavy atom.